The van der Waals surface area contributed by atoms with E-state index in [-0.39, 0.29) is 0 Å². The molecule has 1 aromatic carbocycles. The normalized spacial score (nSPS) is 10.9. The van der Waals surface area contributed by atoms with E-state index >= 15 is 0 Å². The fourth-order valence-corrected chi connectivity index (χ4v) is 3.72. The second-order valence-corrected chi connectivity index (χ2v) is 6.89. The molecule has 0 saturated heterocycles. The van der Waals surface area contributed by atoms with Crippen LogP contribution in [0.2, 0.25) is 0 Å². The molecule has 0 saturated carbocycles. The van der Waals surface area contributed by atoms with E-state index in [9.17, 15) is 4.79 Å². The molecule has 3 aromatic heterocycles. The largest absolute Gasteiger partial charge is 0.497 e. The van der Waals surface area contributed by atoms with Crippen LogP contribution >= 0.6 is 11.3 Å². The monoisotopic (exact) mass is 393 g/mol. The van der Waals surface area contributed by atoms with Crippen molar-refractivity contribution >= 4 is 28.2 Å². The summed E-state index contributed by atoms with van der Waals surface area (Å²) in [5, 5.41) is 3.08. The Hall–Kier alpha value is -3.19. The number of aromatic amines is 1. The highest BCUT2D eigenvalue weighted by atomic mass is 32.1. The molecule has 1 N–H and O–H groups in total. The second-order valence-electron chi connectivity index (χ2n) is 6.18. The first kappa shape index (κ1) is 18.2. The molecule has 4 aromatic rings. The van der Waals surface area contributed by atoms with Crippen LogP contribution in [0.25, 0.3) is 22.3 Å². The Bertz CT molecular complexity index is 1120. The van der Waals surface area contributed by atoms with Crippen LogP contribution in [0, 0.1) is 0 Å². The standard InChI is InChI=1S/C21H19N3O3S/c1-3-27-21(25)17-6-4-5-13(23-17)9-16-15-8-7-14(26-2)10-18(15)24-20(16)19-11-28-12-22-19/h4-8,10-12,24H,3,9H2,1-2H3. The number of rotatable bonds is 6. The Morgan fingerprint density at radius 2 is 2.14 bits per heavy atom. The average Bonchev–Trinajstić information content (AvgIpc) is 3.36. The molecule has 4 rings (SSSR count). The van der Waals surface area contributed by atoms with Gasteiger partial charge < -0.3 is 14.5 Å². The molecule has 0 bridgehead atoms. The van der Waals surface area contributed by atoms with Crippen molar-refractivity contribution in [3.05, 3.63) is 64.2 Å². The van der Waals surface area contributed by atoms with Crippen LogP contribution in [0.4, 0.5) is 0 Å². The first-order chi connectivity index (χ1) is 13.7. The lowest BCUT2D eigenvalue weighted by atomic mass is 10.0. The van der Waals surface area contributed by atoms with Crippen LogP contribution in [-0.4, -0.2) is 34.6 Å². The van der Waals surface area contributed by atoms with Gasteiger partial charge in [-0.3, -0.25) is 0 Å². The Morgan fingerprint density at radius 1 is 1.25 bits per heavy atom. The zero-order valence-electron chi connectivity index (χ0n) is 15.6. The van der Waals surface area contributed by atoms with Crippen LogP contribution in [0.5, 0.6) is 5.75 Å². The van der Waals surface area contributed by atoms with Crippen molar-refractivity contribution in [3.63, 3.8) is 0 Å². The molecular weight excluding hydrogens is 374 g/mol. The van der Waals surface area contributed by atoms with Crippen LogP contribution < -0.4 is 4.74 Å². The minimum Gasteiger partial charge on any atom is -0.497 e. The number of hydrogen-bond donors (Lipinski definition) is 1. The Labute approximate surface area is 166 Å². The number of carbonyl (C=O) groups is 1. The second kappa shape index (κ2) is 7.82. The van der Waals surface area contributed by atoms with E-state index in [4.69, 9.17) is 9.47 Å². The molecule has 142 valence electrons. The minimum atomic E-state index is -0.410. The number of nitrogens with one attached hydrogen (secondary N) is 1. The molecule has 0 radical (unpaired) electrons. The Morgan fingerprint density at radius 3 is 2.89 bits per heavy atom. The number of H-pyrrole nitrogens is 1. The fourth-order valence-electron chi connectivity index (χ4n) is 3.18. The molecule has 0 spiro atoms. The molecule has 6 nitrogen and oxygen atoms in total. The number of esters is 1. The number of fused-ring (bicyclic) bond motifs is 1. The van der Waals surface area contributed by atoms with Gasteiger partial charge in [-0.1, -0.05) is 6.07 Å². The van der Waals surface area contributed by atoms with Crippen molar-refractivity contribution in [2.75, 3.05) is 13.7 Å². The van der Waals surface area contributed by atoms with Gasteiger partial charge in [-0.2, -0.15) is 0 Å². The number of hydrogen-bond acceptors (Lipinski definition) is 6. The van der Waals surface area contributed by atoms with Gasteiger partial charge in [0.1, 0.15) is 11.4 Å². The molecule has 0 unspecified atom stereocenters. The molecule has 0 amide bonds. The third kappa shape index (κ3) is 3.48. The van der Waals surface area contributed by atoms with Gasteiger partial charge in [0.2, 0.25) is 0 Å². The van der Waals surface area contributed by atoms with Crippen molar-refractivity contribution in [1.82, 2.24) is 15.0 Å². The van der Waals surface area contributed by atoms with E-state index in [2.05, 4.69) is 15.0 Å². The Balaban J connectivity index is 1.78. The van der Waals surface area contributed by atoms with Crippen molar-refractivity contribution in [2.24, 2.45) is 0 Å². The van der Waals surface area contributed by atoms with Crippen LogP contribution in [0.15, 0.2) is 47.3 Å². The van der Waals surface area contributed by atoms with E-state index in [1.54, 1.807) is 31.4 Å². The summed E-state index contributed by atoms with van der Waals surface area (Å²) < 4.78 is 10.4. The van der Waals surface area contributed by atoms with Gasteiger partial charge in [-0.05, 0) is 36.8 Å². The van der Waals surface area contributed by atoms with Crippen molar-refractivity contribution in [1.29, 1.82) is 0 Å². The molecular formula is C21H19N3O3S. The lowest BCUT2D eigenvalue weighted by Crippen LogP contribution is -2.08. The highest BCUT2D eigenvalue weighted by Gasteiger charge is 2.17. The number of benzene rings is 1. The summed E-state index contributed by atoms with van der Waals surface area (Å²) in [6, 6.07) is 11.4. The lowest BCUT2D eigenvalue weighted by Gasteiger charge is -2.06. The molecule has 3 heterocycles. The highest BCUT2D eigenvalue weighted by molar-refractivity contribution is 7.07. The van der Waals surface area contributed by atoms with Crippen molar-refractivity contribution in [3.8, 4) is 17.1 Å². The van der Waals surface area contributed by atoms with E-state index < -0.39 is 5.97 Å². The van der Waals surface area contributed by atoms with Gasteiger partial charge >= 0.3 is 5.97 Å². The lowest BCUT2D eigenvalue weighted by molar-refractivity contribution is 0.0519. The van der Waals surface area contributed by atoms with Gasteiger partial charge in [0.25, 0.3) is 0 Å². The predicted octanol–water partition coefficient (Wildman–Crippen LogP) is 4.46. The SMILES string of the molecule is CCOC(=O)c1cccc(Cc2c(-c3cscn3)[nH]c3cc(OC)ccc23)n1. The molecule has 0 atom stereocenters. The molecule has 0 aliphatic rings. The summed E-state index contributed by atoms with van der Waals surface area (Å²) in [5.74, 6) is 0.375. The first-order valence-electron chi connectivity index (χ1n) is 8.89. The molecule has 0 aliphatic carbocycles. The van der Waals surface area contributed by atoms with Crippen molar-refractivity contribution < 1.29 is 14.3 Å². The third-order valence-electron chi connectivity index (χ3n) is 4.45. The van der Waals surface area contributed by atoms with Gasteiger partial charge in [-0.25, -0.2) is 14.8 Å². The van der Waals surface area contributed by atoms with E-state index in [0.29, 0.717) is 18.7 Å². The summed E-state index contributed by atoms with van der Waals surface area (Å²) in [4.78, 5) is 24.4. The maximum atomic E-state index is 12.0. The smallest absolute Gasteiger partial charge is 0.356 e. The fraction of sp³-hybridized carbons (Fsp3) is 0.190. The van der Waals surface area contributed by atoms with E-state index in [1.165, 1.54) is 0 Å². The van der Waals surface area contributed by atoms with Gasteiger partial charge in [0, 0.05) is 34.5 Å². The molecule has 28 heavy (non-hydrogen) atoms. The first-order valence-corrected chi connectivity index (χ1v) is 9.84. The molecule has 0 fully saturated rings. The average molecular weight is 393 g/mol. The summed E-state index contributed by atoms with van der Waals surface area (Å²) >= 11 is 1.55. The summed E-state index contributed by atoms with van der Waals surface area (Å²) in [7, 11) is 1.65. The summed E-state index contributed by atoms with van der Waals surface area (Å²) in [5.41, 5.74) is 6.81. The number of methoxy groups -OCH3 is 1. The number of ether oxygens (including phenoxy) is 2. The maximum absolute atomic E-state index is 12.0. The zero-order chi connectivity index (χ0) is 19.5. The van der Waals surface area contributed by atoms with Gasteiger partial charge in [0.05, 0.1) is 30.6 Å². The molecule has 7 heteroatoms. The van der Waals surface area contributed by atoms with Crippen LogP contribution in [0.1, 0.15) is 28.7 Å². The van der Waals surface area contributed by atoms with Crippen LogP contribution in [-0.2, 0) is 11.2 Å². The van der Waals surface area contributed by atoms with Crippen LogP contribution in [0.3, 0.4) is 0 Å². The van der Waals surface area contributed by atoms with Gasteiger partial charge in [-0.15, -0.1) is 11.3 Å². The maximum Gasteiger partial charge on any atom is 0.356 e. The minimum absolute atomic E-state index is 0.316. The highest BCUT2D eigenvalue weighted by Crippen LogP contribution is 2.33. The van der Waals surface area contributed by atoms with Crippen molar-refractivity contribution in [2.45, 2.75) is 13.3 Å². The third-order valence-corrected chi connectivity index (χ3v) is 5.04. The molecule has 0 aliphatic heterocycles. The number of nitrogens with zero attached hydrogens (tertiary/aromatic N) is 2. The number of aromatic nitrogens is 3. The predicted molar refractivity (Wildman–Crippen MR) is 109 cm³/mol. The number of thiazole rings is 1. The van der Waals surface area contributed by atoms with Gasteiger partial charge in [0.15, 0.2) is 0 Å². The summed E-state index contributed by atoms with van der Waals surface area (Å²) in [6.07, 6.45) is 0.562. The quantitative estimate of drug-likeness (QED) is 0.489. The number of pyridine rings is 1. The Kier molecular flexibility index (Phi) is 5.08. The van der Waals surface area contributed by atoms with E-state index in [0.717, 1.165) is 39.3 Å². The topological polar surface area (TPSA) is 77.1 Å². The number of carbonyl (C=O) groups excluding carboxylic acids is 1. The van der Waals surface area contributed by atoms with E-state index in [1.807, 2.05) is 41.2 Å². The summed E-state index contributed by atoms with van der Waals surface area (Å²) in [6.45, 7) is 2.10. The zero-order valence-corrected chi connectivity index (χ0v) is 16.4.